The van der Waals surface area contributed by atoms with E-state index in [1.54, 1.807) is 0 Å². The predicted octanol–water partition coefficient (Wildman–Crippen LogP) is 3.47. The van der Waals surface area contributed by atoms with Gasteiger partial charge in [-0.1, -0.05) is 0 Å². The number of hydrogen-bond acceptors (Lipinski definition) is 6. The summed E-state index contributed by atoms with van der Waals surface area (Å²) >= 11 is 0. The second kappa shape index (κ2) is 10.6. The average molecular weight is 527 g/mol. The summed E-state index contributed by atoms with van der Waals surface area (Å²) in [5.74, 6) is 2.31. The summed E-state index contributed by atoms with van der Waals surface area (Å²) in [6.07, 6.45) is 3.16. The molecule has 2 bridgehead atoms. The van der Waals surface area contributed by atoms with E-state index < -0.39 is 6.17 Å². The second-order valence-corrected chi connectivity index (χ2v) is 9.07. The Morgan fingerprint density at radius 1 is 1.12 bits per heavy atom. The number of hydrogen-bond donors (Lipinski definition) is 1. The minimum Gasteiger partial charge on any atom is -0.374 e. The smallest absolute Gasteiger partial charge is 0.159 e. The monoisotopic (exact) mass is 526 g/mol. The molecule has 1 N–H and O–H groups in total. The van der Waals surface area contributed by atoms with E-state index in [2.05, 4.69) is 39.4 Å². The lowest BCUT2D eigenvalue weighted by atomic mass is 9.85. The summed E-state index contributed by atoms with van der Waals surface area (Å²) < 4.78 is 22.3. The Bertz CT molecular complexity index is 1160. The van der Waals surface area contributed by atoms with Crippen molar-refractivity contribution in [2.24, 2.45) is 0 Å². The van der Waals surface area contributed by atoms with Crippen LogP contribution in [0.5, 0.6) is 0 Å². The second-order valence-electron chi connectivity index (χ2n) is 9.07. The molecular weight excluding hydrogens is 495 g/mol. The van der Waals surface area contributed by atoms with E-state index in [9.17, 15) is 4.39 Å². The Morgan fingerprint density at radius 3 is 2.62 bits per heavy atom. The minimum absolute atomic E-state index is 0. The van der Waals surface area contributed by atoms with Gasteiger partial charge in [0.25, 0.3) is 0 Å². The first-order chi connectivity index (χ1) is 15.1. The molecule has 3 fully saturated rings. The lowest BCUT2D eigenvalue weighted by molar-refractivity contribution is 0.0988. The van der Waals surface area contributed by atoms with E-state index in [4.69, 9.17) is 9.72 Å². The number of piperidine rings is 1. The van der Waals surface area contributed by atoms with Crippen LogP contribution in [0.2, 0.25) is 0 Å². The molecule has 4 unspecified atom stereocenters. The maximum atomic E-state index is 14.7. The van der Waals surface area contributed by atoms with Gasteiger partial charge in [0.1, 0.15) is 17.8 Å². The Morgan fingerprint density at radius 2 is 1.91 bits per heavy atom. The van der Waals surface area contributed by atoms with Gasteiger partial charge in [-0.05, 0) is 56.5 Å². The zero-order chi connectivity index (χ0) is 21.1. The topological polar surface area (TPSA) is 68.1 Å². The van der Waals surface area contributed by atoms with E-state index in [-0.39, 0.29) is 45.3 Å². The number of nitrogens with zero attached hydrogens (tertiary/aromatic N) is 5. The molecule has 3 aromatic rings. The third-order valence-corrected chi connectivity index (χ3v) is 6.99. The molecule has 34 heavy (non-hydrogen) atoms. The summed E-state index contributed by atoms with van der Waals surface area (Å²) in [7, 11) is 0. The molecular formula is C23H32ClFN6OS2. The molecule has 0 saturated carbocycles. The number of morpholine rings is 1. The number of ether oxygens (including phenoxy) is 1. The van der Waals surface area contributed by atoms with Crippen molar-refractivity contribution in [3.63, 3.8) is 0 Å². The Hall–Kier alpha value is -1.59. The molecule has 4 atom stereocenters. The first kappa shape index (κ1) is 27.0. The summed E-state index contributed by atoms with van der Waals surface area (Å²) in [6.45, 7) is 6.88. The van der Waals surface area contributed by atoms with E-state index in [0.29, 0.717) is 24.5 Å². The van der Waals surface area contributed by atoms with Crippen molar-refractivity contribution in [2.45, 2.75) is 50.9 Å². The lowest BCUT2D eigenvalue weighted by Crippen LogP contribution is -2.37. The van der Waals surface area contributed by atoms with Crippen LogP contribution < -0.4 is 10.2 Å². The van der Waals surface area contributed by atoms with Crippen molar-refractivity contribution in [1.82, 2.24) is 25.1 Å². The van der Waals surface area contributed by atoms with Crippen molar-refractivity contribution in [3.8, 4) is 5.82 Å². The largest absolute Gasteiger partial charge is 0.374 e. The van der Waals surface area contributed by atoms with E-state index in [1.165, 1.54) is 0 Å². The first-order valence-electron chi connectivity index (χ1n) is 11.1. The third kappa shape index (κ3) is 4.63. The maximum absolute atomic E-state index is 14.7. The molecule has 0 aliphatic carbocycles. The van der Waals surface area contributed by atoms with Gasteiger partial charge in [0.15, 0.2) is 5.82 Å². The number of anilines is 1. The highest BCUT2D eigenvalue weighted by Gasteiger charge is 2.40. The highest BCUT2D eigenvalue weighted by atomic mass is 35.5. The SMILES string of the molecule is Cc1nc(N2CC3CC2CO3)cc(-n2ncc3cc(C)c(C4CCNCC4F)cc32)n1.Cl.S.S. The zero-order valence-electron chi connectivity index (χ0n) is 19.3. The van der Waals surface area contributed by atoms with E-state index in [1.807, 2.05) is 23.9 Å². The summed E-state index contributed by atoms with van der Waals surface area (Å²) in [6, 6.07) is 6.64. The Kier molecular flexibility index (Phi) is 8.40. The quantitative estimate of drug-likeness (QED) is 0.563. The lowest BCUT2D eigenvalue weighted by Gasteiger charge is -2.28. The van der Waals surface area contributed by atoms with Crippen LogP contribution in [0.1, 0.15) is 35.7 Å². The first-order valence-corrected chi connectivity index (χ1v) is 11.1. The van der Waals surface area contributed by atoms with Crippen LogP contribution in [-0.4, -0.2) is 64.3 Å². The molecule has 0 spiro atoms. The summed E-state index contributed by atoms with van der Waals surface area (Å²) in [5, 5.41) is 8.84. The molecule has 0 amide bonds. The summed E-state index contributed by atoms with van der Waals surface area (Å²) in [4.78, 5) is 11.7. The van der Waals surface area contributed by atoms with Gasteiger partial charge in [-0.2, -0.15) is 32.1 Å². The van der Waals surface area contributed by atoms with Gasteiger partial charge in [0, 0.05) is 30.5 Å². The highest BCUT2D eigenvalue weighted by Crippen LogP contribution is 2.35. The Labute approximate surface area is 219 Å². The molecule has 2 aromatic heterocycles. The van der Waals surface area contributed by atoms with Crippen molar-refractivity contribution in [3.05, 3.63) is 41.3 Å². The minimum atomic E-state index is -0.873. The van der Waals surface area contributed by atoms with Crippen LogP contribution >= 0.6 is 39.4 Å². The summed E-state index contributed by atoms with van der Waals surface area (Å²) in [5.41, 5.74) is 3.15. The number of nitrogens with one attached hydrogen (secondary N) is 1. The van der Waals surface area contributed by atoms with Gasteiger partial charge < -0.3 is 15.0 Å². The molecule has 186 valence electrons. The molecule has 7 nitrogen and oxygen atoms in total. The van der Waals surface area contributed by atoms with Gasteiger partial charge in [-0.15, -0.1) is 12.4 Å². The van der Waals surface area contributed by atoms with Crippen molar-refractivity contribution in [1.29, 1.82) is 0 Å². The molecule has 3 aliphatic heterocycles. The van der Waals surface area contributed by atoms with Crippen molar-refractivity contribution in [2.75, 3.05) is 31.1 Å². The molecule has 6 rings (SSSR count). The van der Waals surface area contributed by atoms with E-state index >= 15 is 0 Å². The van der Waals surface area contributed by atoms with Crippen LogP contribution in [-0.2, 0) is 4.74 Å². The molecule has 1 aromatic carbocycles. The van der Waals surface area contributed by atoms with Gasteiger partial charge in [0.05, 0.1) is 30.5 Å². The van der Waals surface area contributed by atoms with Crippen molar-refractivity contribution >= 4 is 56.1 Å². The number of alkyl halides is 1. The fraction of sp³-hybridized carbons (Fsp3) is 0.522. The van der Waals surface area contributed by atoms with Crippen LogP contribution in [0, 0.1) is 13.8 Å². The van der Waals surface area contributed by atoms with Crippen LogP contribution in [0.3, 0.4) is 0 Å². The fourth-order valence-corrected chi connectivity index (χ4v) is 5.43. The van der Waals surface area contributed by atoms with Gasteiger partial charge in [0.2, 0.25) is 0 Å². The zero-order valence-corrected chi connectivity index (χ0v) is 22.1. The van der Waals surface area contributed by atoms with E-state index in [0.717, 1.165) is 66.2 Å². The number of benzene rings is 1. The van der Waals surface area contributed by atoms with Gasteiger partial charge >= 0.3 is 0 Å². The van der Waals surface area contributed by atoms with Gasteiger partial charge in [-0.3, -0.25) is 0 Å². The number of aromatic nitrogens is 4. The molecule has 3 aliphatic rings. The van der Waals surface area contributed by atoms with Crippen LogP contribution in [0.4, 0.5) is 10.2 Å². The standard InChI is InChI=1S/C23H27FN6O.ClH.2H2S/c1-13-5-15-9-26-30(21(15)7-19(13)18-3-4-25-10-20(18)24)23-8-22(27-14(2)28-23)29-11-17-6-16(29)12-31-17;;;/h5,7-9,16-18,20,25H,3-4,6,10-12H2,1-2H3;1H;2*1H2. The van der Waals surface area contributed by atoms with Gasteiger partial charge in [-0.25, -0.2) is 19.0 Å². The number of aryl methyl sites for hydroxylation is 2. The fourth-order valence-electron chi connectivity index (χ4n) is 5.43. The highest BCUT2D eigenvalue weighted by molar-refractivity contribution is 7.59. The third-order valence-electron chi connectivity index (χ3n) is 6.99. The average Bonchev–Trinajstić information content (AvgIpc) is 3.49. The number of halogens is 2. The number of fused-ring (bicyclic) bond motifs is 3. The normalized spacial score (nSPS) is 25.6. The molecule has 0 radical (unpaired) electrons. The molecule has 5 heterocycles. The van der Waals surface area contributed by atoms with Crippen molar-refractivity contribution < 1.29 is 9.13 Å². The van der Waals surface area contributed by atoms with Crippen LogP contribution in [0.15, 0.2) is 24.4 Å². The molecule has 11 heteroatoms. The predicted molar refractivity (Wildman–Crippen MR) is 145 cm³/mol. The Balaban J connectivity index is 0.00000108. The maximum Gasteiger partial charge on any atom is 0.159 e. The number of rotatable bonds is 3. The van der Waals surface area contributed by atoms with Crippen LogP contribution in [0.25, 0.3) is 16.7 Å². The molecule has 3 saturated heterocycles.